The van der Waals surface area contributed by atoms with Crippen LogP contribution in [0.15, 0.2) is 23.1 Å². The Labute approximate surface area is 118 Å². The molecule has 1 heterocycles. The van der Waals surface area contributed by atoms with Crippen molar-refractivity contribution in [2.24, 2.45) is 0 Å². The lowest BCUT2D eigenvalue weighted by molar-refractivity contribution is -0.130. The monoisotopic (exact) mass is 298 g/mol. The number of hydrogen-bond acceptors (Lipinski definition) is 4. The van der Waals surface area contributed by atoms with Crippen LogP contribution in [-0.2, 0) is 19.6 Å². The van der Waals surface area contributed by atoms with E-state index in [1.54, 1.807) is 19.1 Å². The Hall–Kier alpha value is -1.44. The van der Waals surface area contributed by atoms with E-state index in [4.69, 9.17) is 4.74 Å². The Bertz CT molecular complexity index is 607. The molecule has 20 heavy (non-hydrogen) atoms. The molecule has 1 unspecified atom stereocenters. The third-order valence-corrected chi connectivity index (χ3v) is 4.55. The van der Waals surface area contributed by atoms with Crippen LogP contribution < -0.4 is 10.3 Å². The largest absolute Gasteiger partial charge is 0.368 e. The number of aryl methyl sites for hydroxylation is 2. The molecule has 2 rings (SSSR count). The summed E-state index contributed by atoms with van der Waals surface area (Å²) in [4.78, 5) is 14.0. The maximum absolute atomic E-state index is 12.2. The molecule has 7 heteroatoms. The lowest BCUT2D eigenvalue weighted by Gasteiger charge is -2.13. The van der Waals surface area contributed by atoms with Gasteiger partial charge < -0.3 is 4.74 Å². The Balaban J connectivity index is 2.07. The fourth-order valence-corrected chi connectivity index (χ4v) is 3.21. The molecule has 0 radical (unpaired) electrons. The summed E-state index contributed by atoms with van der Waals surface area (Å²) in [5, 5.41) is 0. The number of benzene rings is 1. The highest BCUT2D eigenvalue weighted by Crippen LogP contribution is 2.16. The van der Waals surface area contributed by atoms with Crippen molar-refractivity contribution in [3.05, 3.63) is 29.3 Å². The summed E-state index contributed by atoms with van der Waals surface area (Å²) < 4.78 is 29.5. The van der Waals surface area contributed by atoms with Gasteiger partial charge in [0.05, 0.1) is 4.90 Å². The van der Waals surface area contributed by atoms with E-state index < -0.39 is 22.0 Å². The summed E-state index contributed by atoms with van der Waals surface area (Å²) in [7, 11) is -3.78. The summed E-state index contributed by atoms with van der Waals surface area (Å²) in [5.41, 5.74) is 3.66. The molecule has 1 amide bonds. The van der Waals surface area contributed by atoms with Gasteiger partial charge in [0.2, 0.25) is 0 Å². The molecule has 0 aromatic heterocycles. The van der Waals surface area contributed by atoms with Crippen LogP contribution in [-0.4, -0.2) is 27.0 Å². The summed E-state index contributed by atoms with van der Waals surface area (Å²) in [6.07, 6.45) is 0.843. The second kappa shape index (κ2) is 5.90. The van der Waals surface area contributed by atoms with Crippen molar-refractivity contribution in [2.45, 2.75) is 37.7 Å². The van der Waals surface area contributed by atoms with Gasteiger partial charge in [-0.25, -0.2) is 8.42 Å². The molecule has 1 atom stereocenters. The lowest BCUT2D eigenvalue weighted by Crippen LogP contribution is -2.46. The van der Waals surface area contributed by atoms with Crippen LogP contribution in [0.4, 0.5) is 0 Å². The van der Waals surface area contributed by atoms with Crippen LogP contribution in [0.3, 0.4) is 0 Å². The third kappa shape index (κ3) is 3.36. The molecule has 2 N–H and O–H groups in total. The standard InChI is InChI=1S/C13H18N2O4S/c1-9-5-6-10(2)12(8-9)20(17,18)15-14-13(16)11-4-3-7-19-11/h5-6,8,11,15H,3-4,7H2,1-2H3,(H,14,16). The Kier molecular flexibility index (Phi) is 4.42. The molecular weight excluding hydrogens is 280 g/mol. The zero-order chi connectivity index (χ0) is 14.8. The van der Waals surface area contributed by atoms with Gasteiger partial charge in [0.15, 0.2) is 0 Å². The van der Waals surface area contributed by atoms with E-state index in [9.17, 15) is 13.2 Å². The summed E-state index contributed by atoms with van der Waals surface area (Å²) in [6, 6.07) is 5.13. The maximum Gasteiger partial charge on any atom is 0.264 e. The van der Waals surface area contributed by atoms with Crippen molar-refractivity contribution < 1.29 is 17.9 Å². The van der Waals surface area contributed by atoms with Gasteiger partial charge in [-0.05, 0) is 43.9 Å². The minimum Gasteiger partial charge on any atom is -0.368 e. The topological polar surface area (TPSA) is 84.5 Å². The van der Waals surface area contributed by atoms with E-state index in [-0.39, 0.29) is 4.90 Å². The first-order chi connectivity index (χ1) is 9.40. The van der Waals surface area contributed by atoms with E-state index >= 15 is 0 Å². The van der Waals surface area contributed by atoms with Crippen LogP contribution >= 0.6 is 0 Å². The molecule has 1 aliphatic heterocycles. The second-order valence-corrected chi connectivity index (χ2v) is 6.52. The number of sulfonamides is 1. The molecule has 1 aliphatic rings. The minimum atomic E-state index is -3.78. The van der Waals surface area contributed by atoms with Crippen LogP contribution in [0.5, 0.6) is 0 Å². The van der Waals surface area contributed by atoms with Crippen LogP contribution in [0.1, 0.15) is 24.0 Å². The zero-order valence-corrected chi connectivity index (χ0v) is 12.3. The molecule has 1 fully saturated rings. The summed E-state index contributed by atoms with van der Waals surface area (Å²) in [6.45, 7) is 4.04. The Morgan fingerprint density at radius 3 is 2.75 bits per heavy atom. The van der Waals surface area contributed by atoms with Gasteiger partial charge >= 0.3 is 0 Å². The van der Waals surface area contributed by atoms with E-state index in [0.29, 0.717) is 18.6 Å². The Morgan fingerprint density at radius 1 is 1.35 bits per heavy atom. The molecule has 1 aromatic carbocycles. The highest BCUT2D eigenvalue weighted by Gasteiger charge is 2.25. The van der Waals surface area contributed by atoms with Gasteiger partial charge in [-0.15, -0.1) is 4.83 Å². The van der Waals surface area contributed by atoms with Gasteiger partial charge in [-0.3, -0.25) is 10.2 Å². The fourth-order valence-electron chi connectivity index (χ4n) is 2.03. The normalized spacial score (nSPS) is 19.0. The maximum atomic E-state index is 12.2. The molecule has 110 valence electrons. The Morgan fingerprint density at radius 2 is 2.10 bits per heavy atom. The molecule has 0 saturated carbocycles. The van der Waals surface area contributed by atoms with Gasteiger partial charge in [-0.2, -0.15) is 0 Å². The number of carbonyl (C=O) groups is 1. The van der Waals surface area contributed by atoms with Crippen molar-refractivity contribution >= 4 is 15.9 Å². The van der Waals surface area contributed by atoms with Crippen molar-refractivity contribution in [3.8, 4) is 0 Å². The average molecular weight is 298 g/mol. The number of nitrogens with one attached hydrogen (secondary N) is 2. The SMILES string of the molecule is Cc1ccc(C)c(S(=O)(=O)NNC(=O)C2CCCO2)c1. The second-order valence-electron chi connectivity index (χ2n) is 4.87. The van der Waals surface area contributed by atoms with E-state index in [2.05, 4.69) is 10.3 Å². The molecular formula is C13H18N2O4S. The lowest BCUT2D eigenvalue weighted by atomic mass is 10.2. The zero-order valence-electron chi connectivity index (χ0n) is 11.5. The fraction of sp³-hybridized carbons (Fsp3) is 0.462. The van der Waals surface area contributed by atoms with Crippen molar-refractivity contribution in [3.63, 3.8) is 0 Å². The van der Waals surface area contributed by atoms with Gasteiger partial charge in [0.25, 0.3) is 15.9 Å². The number of hydrogen-bond donors (Lipinski definition) is 2. The smallest absolute Gasteiger partial charge is 0.264 e. The first-order valence-electron chi connectivity index (χ1n) is 6.41. The van der Waals surface area contributed by atoms with Crippen LogP contribution in [0, 0.1) is 13.8 Å². The summed E-state index contributed by atoms with van der Waals surface area (Å²) >= 11 is 0. The summed E-state index contributed by atoms with van der Waals surface area (Å²) in [5.74, 6) is -0.462. The van der Waals surface area contributed by atoms with Crippen LogP contribution in [0.25, 0.3) is 0 Å². The predicted molar refractivity (Wildman–Crippen MR) is 73.4 cm³/mol. The van der Waals surface area contributed by atoms with Crippen molar-refractivity contribution in [1.82, 2.24) is 10.3 Å². The number of carbonyl (C=O) groups excluding carboxylic acids is 1. The molecule has 6 nitrogen and oxygen atoms in total. The molecule has 0 spiro atoms. The number of hydrazine groups is 1. The van der Waals surface area contributed by atoms with Crippen molar-refractivity contribution in [2.75, 3.05) is 6.61 Å². The first kappa shape index (κ1) is 15.0. The highest BCUT2D eigenvalue weighted by atomic mass is 32.2. The highest BCUT2D eigenvalue weighted by molar-refractivity contribution is 7.89. The third-order valence-electron chi connectivity index (χ3n) is 3.16. The average Bonchev–Trinajstić information content (AvgIpc) is 2.93. The van der Waals surface area contributed by atoms with E-state index in [1.165, 1.54) is 0 Å². The number of amides is 1. The minimum absolute atomic E-state index is 0.158. The molecule has 1 saturated heterocycles. The molecule has 0 bridgehead atoms. The van der Waals surface area contributed by atoms with Gasteiger partial charge in [0, 0.05) is 6.61 Å². The van der Waals surface area contributed by atoms with Gasteiger partial charge in [-0.1, -0.05) is 12.1 Å². The van der Waals surface area contributed by atoms with Crippen LogP contribution in [0.2, 0.25) is 0 Å². The quantitative estimate of drug-likeness (QED) is 0.805. The van der Waals surface area contributed by atoms with E-state index in [1.807, 2.05) is 13.0 Å². The molecule has 0 aliphatic carbocycles. The van der Waals surface area contributed by atoms with Gasteiger partial charge in [0.1, 0.15) is 6.10 Å². The predicted octanol–water partition coefficient (Wildman–Crippen LogP) is 0.792. The number of rotatable bonds is 4. The molecule has 1 aromatic rings. The first-order valence-corrected chi connectivity index (χ1v) is 7.89. The van der Waals surface area contributed by atoms with E-state index in [0.717, 1.165) is 12.0 Å². The number of ether oxygens (including phenoxy) is 1. The van der Waals surface area contributed by atoms with Crippen molar-refractivity contribution in [1.29, 1.82) is 0 Å².